The minimum Gasteiger partial charge on any atom is -0.493 e. The number of nitriles is 1. The average Bonchev–Trinajstić information content (AvgIpc) is 2.83. The number of aryl methyl sites for hydroxylation is 2. The van der Waals surface area contributed by atoms with Crippen molar-refractivity contribution in [1.82, 2.24) is 0 Å². The van der Waals surface area contributed by atoms with E-state index in [9.17, 15) is 14.9 Å². The molecule has 2 N–H and O–H groups in total. The molecule has 0 saturated carbocycles. The number of hydrogen-bond donors (Lipinski definition) is 2. The van der Waals surface area contributed by atoms with E-state index in [0.717, 1.165) is 20.3 Å². The lowest BCUT2D eigenvalue weighted by Crippen LogP contribution is -2.14. The maximum absolute atomic E-state index is 12.7. The van der Waals surface area contributed by atoms with Crippen LogP contribution in [0.15, 0.2) is 60.2 Å². The Labute approximate surface area is 217 Å². The Bertz CT molecular complexity index is 1340. The summed E-state index contributed by atoms with van der Waals surface area (Å²) in [6.45, 7) is 4.07. The quantitative estimate of drug-likeness (QED) is 0.199. The third-order valence-electron chi connectivity index (χ3n) is 5.14. The largest absolute Gasteiger partial charge is 0.493 e. The van der Waals surface area contributed by atoms with Crippen molar-refractivity contribution in [2.45, 2.75) is 20.5 Å². The van der Waals surface area contributed by atoms with Gasteiger partial charge in [0.15, 0.2) is 11.5 Å². The second-order valence-corrected chi connectivity index (χ2v) is 8.93. The molecular weight excluding hydrogens is 559 g/mol. The third kappa shape index (κ3) is 6.61. The number of nitrogens with zero attached hydrogens (tertiary/aromatic N) is 1. The molecule has 1 amide bonds. The standard InChI is InChI=1S/C27H23IN2O5/c1-16-4-9-23(17(2)10-16)30-26(31)21(14-29)11-19-12-22(28)25(24(13-19)34-3)35-15-18-5-7-20(8-6-18)27(32)33/h4-13H,15H2,1-3H3,(H,30,31)(H,32,33)/b21-11+. The first-order valence-electron chi connectivity index (χ1n) is 10.5. The fraction of sp³-hybridized carbons (Fsp3) is 0.148. The molecule has 7 nitrogen and oxygen atoms in total. The van der Waals surface area contributed by atoms with E-state index in [1.54, 1.807) is 24.3 Å². The van der Waals surface area contributed by atoms with Crippen LogP contribution in [0, 0.1) is 28.7 Å². The van der Waals surface area contributed by atoms with Crippen LogP contribution in [0.3, 0.4) is 0 Å². The van der Waals surface area contributed by atoms with Crippen molar-refractivity contribution in [3.8, 4) is 17.6 Å². The van der Waals surface area contributed by atoms with Crippen molar-refractivity contribution in [2.24, 2.45) is 0 Å². The van der Waals surface area contributed by atoms with Crippen LogP contribution in [-0.2, 0) is 11.4 Å². The van der Waals surface area contributed by atoms with Gasteiger partial charge in [0.25, 0.3) is 5.91 Å². The second kappa shape index (κ2) is 11.5. The molecule has 178 valence electrons. The Balaban J connectivity index is 1.80. The monoisotopic (exact) mass is 582 g/mol. The molecule has 0 atom stereocenters. The van der Waals surface area contributed by atoms with E-state index in [1.807, 2.05) is 38.1 Å². The number of carboxylic acid groups (broad SMARTS) is 1. The number of benzene rings is 3. The van der Waals surface area contributed by atoms with Gasteiger partial charge in [-0.15, -0.1) is 0 Å². The first-order valence-corrected chi connectivity index (χ1v) is 11.6. The summed E-state index contributed by atoms with van der Waals surface area (Å²) in [7, 11) is 1.51. The predicted octanol–water partition coefficient (Wildman–Crippen LogP) is 5.74. The van der Waals surface area contributed by atoms with Crippen LogP contribution in [-0.4, -0.2) is 24.1 Å². The summed E-state index contributed by atoms with van der Waals surface area (Å²) in [5, 5.41) is 21.4. The Morgan fingerprint density at radius 2 is 1.83 bits per heavy atom. The zero-order valence-corrected chi connectivity index (χ0v) is 21.5. The van der Waals surface area contributed by atoms with Gasteiger partial charge in [0.1, 0.15) is 18.2 Å². The maximum Gasteiger partial charge on any atom is 0.335 e. The molecule has 0 aliphatic carbocycles. The smallest absolute Gasteiger partial charge is 0.335 e. The number of hydrogen-bond acceptors (Lipinski definition) is 5. The molecule has 3 rings (SSSR count). The van der Waals surface area contributed by atoms with Crippen molar-refractivity contribution in [1.29, 1.82) is 5.26 Å². The Morgan fingerprint density at radius 1 is 1.11 bits per heavy atom. The van der Waals surface area contributed by atoms with Crippen molar-refractivity contribution in [3.05, 3.63) is 91.6 Å². The molecule has 8 heteroatoms. The van der Waals surface area contributed by atoms with Crippen LogP contribution >= 0.6 is 22.6 Å². The predicted molar refractivity (Wildman–Crippen MR) is 142 cm³/mol. The Kier molecular flexibility index (Phi) is 8.49. The molecule has 0 aliphatic heterocycles. The van der Waals surface area contributed by atoms with Crippen LogP contribution in [0.4, 0.5) is 5.69 Å². The number of ether oxygens (including phenoxy) is 2. The average molecular weight is 582 g/mol. The minimum absolute atomic E-state index is 0.0463. The number of methoxy groups -OCH3 is 1. The summed E-state index contributed by atoms with van der Waals surface area (Å²) < 4.78 is 12.1. The highest BCUT2D eigenvalue weighted by Gasteiger charge is 2.15. The normalized spacial score (nSPS) is 10.9. The van der Waals surface area contributed by atoms with E-state index >= 15 is 0 Å². The molecule has 0 unspecified atom stereocenters. The minimum atomic E-state index is -0.989. The van der Waals surface area contributed by atoms with Gasteiger partial charge in [-0.3, -0.25) is 4.79 Å². The van der Waals surface area contributed by atoms with Crippen LogP contribution < -0.4 is 14.8 Å². The van der Waals surface area contributed by atoms with E-state index in [2.05, 4.69) is 27.9 Å². The van der Waals surface area contributed by atoms with Gasteiger partial charge in [0, 0.05) is 5.69 Å². The number of amides is 1. The van der Waals surface area contributed by atoms with Crippen LogP contribution in [0.2, 0.25) is 0 Å². The summed E-state index contributed by atoms with van der Waals surface area (Å²) in [6.07, 6.45) is 1.50. The van der Waals surface area contributed by atoms with Crippen LogP contribution in [0.25, 0.3) is 6.08 Å². The Hall–Kier alpha value is -3.84. The summed E-state index contributed by atoms with van der Waals surface area (Å²) in [5.74, 6) is -0.543. The zero-order chi connectivity index (χ0) is 25.5. The number of rotatable bonds is 8. The van der Waals surface area contributed by atoms with E-state index in [1.165, 1.54) is 25.3 Å². The van der Waals surface area contributed by atoms with Crippen LogP contribution in [0.5, 0.6) is 11.5 Å². The molecule has 0 fully saturated rings. The lowest BCUT2D eigenvalue weighted by atomic mass is 10.1. The highest BCUT2D eigenvalue weighted by molar-refractivity contribution is 14.1. The fourth-order valence-corrected chi connectivity index (χ4v) is 4.10. The molecule has 0 aliphatic rings. The number of carbonyl (C=O) groups is 2. The fourth-order valence-electron chi connectivity index (χ4n) is 3.32. The lowest BCUT2D eigenvalue weighted by Gasteiger charge is -2.14. The van der Waals surface area contributed by atoms with E-state index in [4.69, 9.17) is 14.6 Å². The first-order chi connectivity index (χ1) is 16.7. The number of carbonyl (C=O) groups excluding carboxylic acids is 1. The van der Waals surface area contributed by atoms with E-state index in [-0.39, 0.29) is 17.7 Å². The maximum atomic E-state index is 12.7. The van der Waals surface area contributed by atoms with Crippen molar-refractivity contribution in [3.63, 3.8) is 0 Å². The number of nitrogens with one attached hydrogen (secondary N) is 1. The van der Waals surface area contributed by atoms with E-state index < -0.39 is 11.9 Å². The molecule has 3 aromatic carbocycles. The highest BCUT2D eigenvalue weighted by atomic mass is 127. The molecule has 0 heterocycles. The SMILES string of the molecule is COc1cc(/C=C(\C#N)C(=O)Nc2ccc(C)cc2C)cc(I)c1OCc1ccc(C(=O)O)cc1. The summed E-state index contributed by atoms with van der Waals surface area (Å²) in [5.41, 5.74) is 4.20. The molecule has 0 radical (unpaired) electrons. The topological polar surface area (TPSA) is 109 Å². The van der Waals surface area contributed by atoms with Crippen molar-refractivity contribution < 1.29 is 24.2 Å². The van der Waals surface area contributed by atoms with E-state index in [0.29, 0.717) is 22.7 Å². The molecule has 35 heavy (non-hydrogen) atoms. The van der Waals surface area contributed by atoms with Gasteiger partial charge < -0.3 is 19.9 Å². The van der Waals surface area contributed by atoms with Crippen LogP contribution in [0.1, 0.15) is 32.6 Å². The number of aromatic carboxylic acids is 1. The Morgan fingerprint density at radius 3 is 2.43 bits per heavy atom. The molecule has 0 saturated heterocycles. The molecule has 3 aromatic rings. The lowest BCUT2D eigenvalue weighted by molar-refractivity contribution is -0.112. The molecule has 0 aromatic heterocycles. The number of carboxylic acids is 1. The molecular formula is C27H23IN2O5. The van der Waals surface area contributed by atoms with Gasteiger partial charge in [-0.2, -0.15) is 5.26 Å². The zero-order valence-electron chi connectivity index (χ0n) is 19.4. The summed E-state index contributed by atoms with van der Waals surface area (Å²) in [4.78, 5) is 23.7. The third-order valence-corrected chi connectivity index (χ3v) is 5.94. The first kappa shape index (κ1) is 25.8. The summed E-state index contributed by atoms with van der Waals surface area (Å²) in [6, 6.07) is 17.5. The highest BCUT2D eigenvalue weighted by Crippen LogP contribution is 2.35. The summed E-state index contributed by atoms with van der Waals surface area (Å²) >= 11 is 2.10. The second-order valence-electron chi connectivity index (χ2n) is 7.77. The van der Waals surface area contributed by atoms with Gasteiger partial charge in [-0.05, 0) is 89.5 Å². The van der Waals surface area contributed by atoms with Gasteiger partial charge >= 0.3 is 5.97 Å². The van der Waals surface area contributed by atoms with Crippen molar-refractivity contribution >= 4 is 46.2 Å². The van der Waals surface area contributed by atoms with Gasteiger partial charge in [-0.1, -0.05) is 29.8 Å². The number of halogens is 1. The van der Waals surface area contributed by atoms with Gasteiger partial charge in [-0.25, -0.2) is 4.79 Å². The molecule has 0 spiro atoms. The van der Waals surface area contributed by atoms with Gasteiger partial charge in [0.05, 0.1) is 16.2 Å². The van der Waals surface area contributed by atoms with Crippen molar-refractivity contribution in [2.75, 3.05) is 12.4 Å². The van der Waals surface area contributed by atoms with Gasteiger partial charge in [0.2, 0.25) is 0 Å². The molecule has 0 bridgehead atoms. The number of anilines is 1.